The van der Waals surface area contributed by atoms with Gasteiger partial charge in [0, 0.05) is 5.02 Å². The molecule has 3 rings (SSSR count). The van der Waals surface area contributed by atoms with Gasteiger partial charge in [-0.2, -0.15) is 0 Å². The van der Waals surface area contributed by atoms with Crippen molar-refractivity contribution in [1.29, 1.82) is 0 Å². The van der Waals surface area contributed by atoms with E-state index in [0.717, 1.165) is 9.87 Å². The van der Waals surface area contributed by atoms with Crippen molar-refractivity contribution in [1.82, 2.24) is 0 Å². The van der Waals surface area contributed by atoms with Gasteiger partial charge in [0.2, 0.25) is 0 Å². The molecule has 8 heteroatoms. The Hall–Kier alpha value is -2.80. The lowest BCUT2D eigenvalue weighted by Crippen LogP contribution is -2.31. The molecule has 0 saturated carbocycles. The van der Waals surface area contributed by atoms with E-state index >= 15 is 0 Å². The summed E-state index contributed by atoms with van der Waals surface area (Å²) in [5, 5.41) is 0.863. The molecule has 0 spiro atoms. The van der Waals surface area contributed by atoms with Crippen LogP contribution in [0.15, 0.2) is 90.3 Å². The van der Waals surface area contributed by atoms with Crippen molar-refractivity contribution < 1.29 is 17.9 Å². The lowest BCUT2D eigenvalue weighted by Gasteiger charge is -2.24. The van der Waals surface area contributed by atoms with E-state index in [9.17, 15) is 13.2 Å². The molecule has 160 valence electrons. The van der Waals surface area contributed by atoms with Gasteiger partial charge < -0.3 is 4.74 Å². The van der Waals surface area contributed by atoms with E-state index in [1.165, 1.54) is 30.3 Å². The van der Waals surface area contributed by atoms with E-state index in [0.29, 0.717) is 10.7 Å². The van der Waals surface area contributed by atoms with Crippen LogP contribution >= 0.6 is 23.2 Å². The number of ether oxygens (including phenoxy) is 1. The fourth-order valence-corrected chi connectivity index (χ4v) is 4.74. The monoisotopic (exact) mass is 475 g/mol. The first-order chi connectivity index (χ1) is 14.8. The standard InChI is InChI=1S/C23H19Cl2NO4S/c1-2-14-26(22-9-4-3-8-21(22)25)31(28,29)20-7-5-6-18(15-20)23(27)30-16-17-10-12-19(24)13-11-17/h2-13,15H,1,14,16H2. The SMILES string of the molecule is C=CCN(c1ccccc1Cl)S(=O)(=O)c1cccc(C(=O)OCc2ccc(Cl)cc2)c1. The predicted molar refractivity (Wildman–Crippen MR) is 123 cm³/mol. The highest BCUT2D eigenvalue weighted by molar-refractivity contribution is 7.92. The highest BCUT2D eigenvalue weighted by Crippen LogP contribution is 2.30. The maximum absolute atomic E-state index is 13.3. The summed E-state index contributed by atoms with van der Waals surface area (Å²) in [7, 11) is -4.01. The van der Waals surface area contributed by atoms with Crippen molar-refractivity contribution in [3.05, 3.63) is 107 Å². The summed E-state index contributed by atoms with van der Waals surface area (Å²) in [5.74, 6) is -0.639. The number of sulfonamides is 1. The van der Waals surface area contributed by atoms with Gasteiger partial charge in [0.1, 0.15) is 6.61 Å². The van der Waals surface area contributed by atoms with E-state index in [1.807, 2.05) is 0 Å². The molecule has 0 aliphatic rings. The number of para-hydroxylation sites is 1. The van der Waals surface area contributed by atoms with Crippen molar-refractivity contribution in [3.8, 4) is 0 Å². The van der Waals surface area contributed by atoms with E-state index in [4.69, 9.17) is 27.9 Å². The Morgan fingerprint density at radius 3 is 2.39 bits per heavy atom. The molecule has 0 unspecified atom stereocenters. The van der Waals surface area contributed by atoms with Gasteiger partial charge in [-0.3, -0.25) is 4.31 Å². The second-order valence-electron chi connectivity index (χ2n) is 6.51. The third-order valence-corrected chi connectivity index (χ3v) is 6.70. The van der Waals surface area contributed by atoms with Gasteiger partial charge in [-0.1, -0.05) is 59.6 Å². The van der Waals surface area contributed by atoms with Crippen LogP contribution in [0.25, 0.3) is 0 Å². The van der Waals surface area contributed by atoms with Gasteiger partial charge in [0.15, 0.2) is 0 Å². The van der Waals surface area contributed by atoms with Gasteiger partial charge in [0.25, 0.3) is 10.0 Å². The van der Waals surface area contributed by atoms with Crippen molar-refractivity contribution in [2.45, 2.75) is 11.5 Å². The number of hydrogen-bond donors (Lipinski definition) is 0. The molecule has 0 saturated heterocycles. The Kier molecular flexibility index (Phi) is 7.38. The zero-order valence-electron chi connectivity index (χ0n) is 16.4. The summed E-state index contributed by atoms with van der Waals surface area (Å²) in [4.78, 5) is 12.4. The molecular weight excluding hydrogens is 457 g/mol. The molecule has 0 atom stereocenters. The molecule has 3 aromatic carbocycles. The van der Waals surface area contributed by atoms with E-state index < -0.39 is 16.0 Å². The summed E-state index contributed by atoms with van der Waals surface area (Å²) in [5.41, 5.74) is 1.20. The van der Waals surface area contributed by atoms with Gasteiger partial charge in [-0.15, -0.1) is 6.58 Å². The number of esters is 1. The second-order valence-corrected chi connectivity index (χ2v) is 9.21. The summed E-state index contributed by atoms with van der Waals surface area (Å²) in [6.07, 6.45) is 1.46. The molecule has 0 aliphatic heterocycles. The van der Waals surface area contributed by atoms with Crippen LogP contribution in [0.3, 0.4) is 0 Å². The molecule has 5 nitrogen and oxygen atoms in total. The highest BCUT2D eigenvalue weighted by atomic mass is 35.5. The maximum Gasteiger partial charge on any atom is 0.338 e. The van der Waals surface area contributed by atoms with Crippen LogP contribution in [0.1, 0.15) is 15.9 Å². The van der Waals surface area contributed by atoms with E-state index in [-0.39, 0.29) is 28.6 Å². The van der Waals surface area contributed by atoms with Gasteiger partial charge in [-0.05, 0) is 48.0 Å². The number of halogens is 2. The Morgan fingerprint density at radius 1 is 1.00 bits per heavy atom. The van der Waals surface area contributed by atoms with Crippen LogP contribution in [0.5, 0.6) is 0 Å². The molecule has 0 heterocycles. The van der Waals surface area contributed by atoms with Crippen LogP contribution in [-0.2, 0) is 21.4 Å². The lowest BCUT2D eigenvalue weighted by atomic mass is 10.2. The van der Waals surface area contributed by atoms with Crippen LogP contribution in [-0.4, -0.2) is 20.9 Å². The van der Waals surface area contributed by atoms with Crippen LogP contribution < -0.4 is 4.31 Å². The van der Waals surface area contributed by atoms with Crippen LogP contribution in [0.2, 0.25) is 10.0 Å². The van der Waals surface area contributed by atoms with Gasteiger partial charge in [0.05, 0.1) is 27.7 Å². The molecule has 0 N–H and O–H groups in total. The Balaban J connectivity index is 1.86. The number of hydrogen-bond acceptors (Lipinski definition) is 4. The fourth-order valence-electron chi connectivity index (χ4n) is 2.82. The van der Waals surface area contributed by atoms with E-state index in [1.54, 1.807) is 48.5 Å². The zero-order chi connectivity index (χ0) is 22.4. The molecule has 0 radical (unpaired) electrons. The predicted octanol–water partition coefficient (Wildman–Crippen LogP) is 5.73. The Bertz CT molecular complexity index is 1190. The fraction of sp³-hybridized carbons (Fsp3) is 0.0870. The molecule has 0 fully saturated rings. The topological polar surface area (TPSA) is 63.7 Å². The summed E-state index contributed by atoms with van der Waals surface area (Å²) >= 11 is 12.1. The first kappa shape index (κ1) is 22.9. The maximum atomic E-state index is 13.3. The quantitative estimate of drug-likeness (QED) is 0.308. The van der Waals surface area contributed by atoms with Gasteiger partial charge in [-0.25, -0.2) is 13.2 Å². The van der Waals surface area contributed by atoms with Crippen LogP contribution in [0, 0.1) is 0 Å². The van der Waals surface area contributed by atoms with Crippen LogP contribution in [0.4, 0.5) is 5.69 Å². The summed E-state index contributed by atoms with van der Waals surface area (Å²) < 4.78 is 33.1. The third kappa shape index (κ3) is 5.47. The zero-order valence-corrected chi connectivity index (χ0v) is 18.7. The van der Waals surface area contributed by atoms with Gasteiger partial charge >= 0.3 is 5.97 Å². The number of benzene rings is 3. The minimum atomic E-state index is -4.01. The molecule has 31 heavy (non-hydrogen) atoms. The first-order valence-corrected chi connectivity index (χ1v) is 11.4. The van der Waals surface area contributed by atoms with Crippen molar-refractivity contribution in [2.75, 3.05) is 10.8 Å². The Labute approximate surface area is 191 Å². The smallest absolute Gasteiger partial charge is 0.338 e. The highest BCUT2D eigenvalue weighted by Gasteiger charge is 2.26. The molecular formula is C23H19Cl2NO4S. The molecule has 3 aromatic rings. The second kappa shape index (κ2) is 10.0. The average Bonchev–Trinajstić information content (AvgIpc) is 2.77. The molecule has 0 aromatic heterocycles. The number of carbonyl (C=O) groups excluding carboxylic acids is 1. The summed E-state index contributed by atoms with van der Waals surface area (Å²) in [6, 6.07) is 19.2. The number of anilines is 1. The van der Waals surface area contributed by atoms with Crippen molar-refractivity contribution in [3.63, 3.8) is 0 Å². The average molecular weight is 476 g/mol. The molecule has 0 aliphatic carbocycles. The minimum Gasteiger partial charge on any atom is -0.457 e. The van der Waals surface area contributed by atoms with E-state index in [2.05, 4.69) is 6.58 Å². The Morgan fingerprint density at radius 2 is 1.71 bits per heavy atom. The largest absolute Gasteiger partial charge is 0.457 e. The van der Waals surface area contributed by atoms with Crippen molar-refractivity contribution in [2.24, 2.45) is 0 Å². The molecule has 0 amide bonds. The minimum absolute atomic E-state index is 0.0112. The van der Waals surface area contributed by atoms with Crippen molar-refractivity contribution >= 4 is 44.9 Å². The normalized spacial score (nSPS) is 11.0. The third-order valence-electron chi connectivity index (χ3n) is 4.36. The number of nitrogens with zero attached hydrogens (tertiary/aromatic N) is 1. The number of carbonyl (C=O) groups is 1. The molecule has 0 bridgehead atoms. The number of rotatable bonds is 8. The first-order valence-electron chi connectivity index (χ1n) is 9.22. The summed E-state index contributed by atoms with van der Waals surface area (Å²) in [6.45, 7) is 3.68. The lowest BCUT2D eigenvalue weighted by molar-refractivity contribution is 0.0472.